The third-order valence-electron chi connectivity index (χ3n) is 2.34. The summed E-state index contributed by atoms with van der Waals surface area (Å²) in [5.74, 6) is -0.448. The maximum absolute atomic E-state index is 13.1. The van der Waals surface area contributed by atoms with Gasteiger partial charge in [-0.3, -0.25) is 4.79 Å². The molecule has 0 aliphatic carbocycles. The maximum Gasteiger partial charge on any atom is 0.157 e. The van der Waals surface area contributed by atoms with Crippen LogP contribution in [0.1, 0.15) is 12.5 Å². The molecule has 15 heavy (non-hydrogen) atoms. The fourth-order valence-corrected chi connectivity index (χ4v) is 1.66. The Morgan fingerprint density at radius 2 is 2.27 bits per heavy atom. The quantitative estimate of drug-likeness (QED) is 0.796. The van der Waals surface area contributed by atoms with Gasteiger partial charge in [0.2, 0.25) is 0 Å². The van der Waals surface area contributed by atoms with Crippen LogP contribution >= 0.6 is 11.6 Å². The summed E-state index contributed by atoms with van der Waals surface area (Å²) < 4.78 is 13.1. The first-order chi connectivity index (χ1) is 7.08. The number of hydrogen-bond acceptors (Lipinski definition) is 2. The average Bonchev–Trinajstić information content (AvgIpc) is 2.19. The van der Waals surface area contributed by atoms with Crippen molar-refractivity contribution in [1.29, 1.82) is 0 Å². The molecule has 1 aliphatic rings. The average molecular weight is 226 g/mol. The number of anilines is 1. The molecule has 0 spiro atoms. The molecule has 0 radical (unpaired) electrons. The number of Topliss-reactive ketones (excluding diaryl/α,β-unsaturated/α-hetero) is 1. The summed E-state index contributed by atoms with van der Waals surface area (Å²) in [6, 6.07) is 2.85. The van der Waals surface area contributed by atoms with Gasteiger partial charge in [-0.15, -0.1) is 0 Å². The number of nitrogens with one attached hydrogen (secondary N) is 1. The fourth-order valence-electron chi connectivity index (χ4n) is 1.49. The van der Waals surface area contributed by atoms with Crippen LogP contribution in [0.4, 0.5) is 10.1 Å². The highest BCUT2D eigenvalue weighted by molar-refractivity contribution is 6.31. The molecule has 0 saturated carbocycles. The smallest absolute Gasteiger partial charge is 0.157 e. The van der Waals surface area contributed by atoms with Crippen molar-refractivity contribution >= 4 is 29.1 Å². The molecule has 0 amide bonds. The molecule has 2 nitrogen and oxygen atoms in total. The zero-order chi connectivity index (χ0) is 11.0. The van der Waals surface area contributed by atoms with Gasteiger partial charge in [0.1, 0.15) is 5.82 Å². The molecule has 1 aromatic rings. The molecule has 1 N–H and O–H groups in total. The van der Waals surface area contributed by atoms with Crippen molar-refractivity contribution in [3.05, 3.63) is 34.1 Å². The maximum atomic E-state index is 13.1. The molecule has 2 rings (SSSR count). The van der Waals surface area contributed by atoms with Gasteiger partial charge >= 0.3 is 0 Å². The molecule has 4 heteroatoms. The van der Waals surface area contributed by atoms with Crippen molar-refractivity contribution in [2.24, 2.45) is 0 Å². The summed E-state index contributed by atoms with van der Waals surface area (Å²) in [5.41, 5.74) is 2.09. The highest BCUT2D eigenvalue weighted by Crippen LogP contribution is 2.29. The predicted octanol–water partition coefficient (Wildman–Crippen LogP) is 2.88. The summed E-state index contributed by atoms with van der Waals surface area (Å²) in [5, 5.41) is 3.04. The number of hydrogen-bond donors (Lipinski definition) is 1. The third-order valence-corrected chi connectivity index (χ3v) is 2.63. The van der Waals surface area contributed by atoms with Crippen molar-refractivity contribution in [2.45, 2.75) is 6.92 Å². The number of carbonyl (C=O) groups is 1. The minimum absolute atomic E-state index is 0.00796. The number of halogens is 2. The third kappa shape index (κ3) is 1.88. The van der Waals surface area contributed by atoms with E-state index in [4.69, 9.17) is 11.6 Å². The Labute approximate surface area is 91.7 Å². The number of ketones is 1. The molecule has 0 atom stereocenters. The van der Waals surface area contributed by atoms with Gasteiger partial charge in [-0.1, -0.05) is 11.6 Å². The van der Waals surface area contributed by atoms with Crippen LogP contribution in [0, 0.1) is 5.82 Å². The van der Waals surface area contributed by atoms with E-state index in [0.717, 1.165) is 5.56 Å². The number of rotatable bonds is 1. The molecule has 0 fully saturated rings. The Morgan fingerprint density at radius 1 is 1.53 bits per heavy atom. The van der Waals surface area contributed by atoms with Crippen LogP contribution in [0.2, 0.25) is 5.02 Å². The van der Waals surface area contributed by atoms with Crippen LogP contribution < -0.4 is 5.32 Å². The first-order valence-electron chi connectivity index (χ1n) is 4.52. The lowest BCUT2D eigenvalue weighted by molar-refractivity contribution is -0.113. The summed E-state index contributed by atoms with van der Waals surface area (Å²) in [4.78, 5) is 11.1. The number of carbonyl (C=O) groups excluding carboxylic acids is 1. The molecule has 0 unspecified atom stereocenters. The summed E-state index contributed by atoms with van der Waals surface area (Å²) >= 11 is 5.66. The van der Waals surface area contributed by atoms with Crippen LogP contribution in [0.3, 0.4) is 0 Å². The molecule has 1 heterocycles. The van der Waals surface area contributed by atoms with Crippen LogP contribution in [-0.2, 0) is 4.79 Å². The Hall–Kier alpha value is -1.35. The monoisotopic (exact) mass is 225 g/mol. The van der Waals surface area contributed by atoms with E-state index >= 15 is 0 Å². The van der Waals surface area contributed by atoms with Gasteiger partial charge in [-0.2, -0.15) is 0 Å². The highest BCUT2D eigenvalue weighted by Gasteiger charge is 2.14. The zero-order valence-corrected chi connectivity index (χ0v) is 8.86. The van der Waals surface area contributed by atoms with Gasteiger partial charge in [0, 0.05) is 17.8 Å². The molecule has 0 bridgehead atoms. The summed E-state index contributed by atoms with van der Waals surface area (Å²) in [6.07, 6.45) is 1.74. The van der Waals surface area contributed by atoms with E-state index in [2.05, 4.69) is 5.32 Å². The lowest BCUT2D eigenvalue weighted by atomic mass is 10.0. The first kappa shape index (κ1) is 10.2. The first-order valence-corrected chi connectivity index (χ1v) is 4.90. The van der Waals surface area contributed by atoms with Crippen molar-refractivity contribution in [1.82, 2.24) is 0 Å². The van der Waals surface area contributed by atoms with Crippen LogP contribution in [0.5, 0.6) is 0 Å². The Kier molecular flexibility index (Phi) is 2.49. The van der Waals surface area contributed by atoms with Crippen molar-refractivity contribution < 1.29 is 9.18 Å². The molecule has 0 saturated heterocycles. The fraction of sp³-hybridized carbons (Fsp3) is 0.182. The molecule has 78 valence electrons. The second-order valence-electron chi connectivity index (χ2n) is 3.43. The lowest BCUT2D eigenvalue weighted by Gasteiger charge is -2.17. The van der Waals surface area contributed by atoms with E-state index in [-0.39, 0.29) is 10.8 Å². The van der Waals surface area contributed by atoms with Gasteiger partial charge in [0.25, 0.3) is 0 Å². The van der Waals surface area contributed by atoms with Gasteiger partial charge < -0.3 is 5.32 Å². The molecule has 1 aliphatic heterocycles. The lowest BCUT2D eigenvalue weighted by Crippen LogP contribution is -2.15. The molecular weight excluding hydrogens is 217 g/mol. The minimum atomic E-state index is -0.456. The SMILES string of the molecule is CC(=O)C1=Cc2cc(Cl)c(F)cc2NC1. The standard InChI is InChI=1S/C11H9ClFNO/c1-6(15)8-2-7-3-9(12)10(13)4-11(7)14-5-8/h2-4,14H,5H2,1H3. The molecule has 0 aromatic heterocycles. The normalized spacial score (nSPS) is 13.9. The van der Waals surface area contributed by atoms with E-state index in [9.17, 15) is 9.18 Å². The molecule has 1 aromatic carbocycles. The minimum Gasteiger partial charge on any atom is -0.380 e. The van der Waals surface area contributed by atoms with Crippen molar-refractivity contribution in [3.63, 3.8) is 0 Å². The second kappa shape index (κ2) is 3.66. The number of fused-ring (bicyclic) bond motifs is 1. The van der Waals surface area contributed by atoms with Crippen LogP contribution in [-0.4, -0.2) is 12.3 Å². The van der Waals surface area contributed by atoms with Gasteiger partial charge in [-0.25, -0.2) is 4.39 Å². The molecular formula is C11H9ClFNO. The van der Waals surface area contributed by atoms with Crippen LogP contribution in [0.25, 0.3) is 6.08 Å². The van der Waals surface area contributed by atoms with Crippen molar-refractivity contribution in [2.75, 3.05) is 11.9 Å². The van der Waals surface area contributed by atoms with E-state index in [0.29, 0.717) is 17.8 Å². The van der Waals surface area contributed by atoms with Gasteiger partial charge in [0.05, 0.1) is 5.02 Å². The number of benzene rings is 1. The zero-order valence-electron chi connectivity index (χ0n) is 8.10. The Balaban J connectivity index is 2.51. The van der Waals surface area contributed by atoms with E-state index in [1.807, 2.05) is 0 Å². The second-order valence-corrected chi connectivity index (χ2v) is 3.84. The summed E-state index contributed by atoms with van der Waals surface area (Å²) in [6.45, 7) is 1.94. The highest BCUT2D eigenvalue weighted by atomic mass is 35.5. The predicted molar refractivity (Wildman–Crippen MR) is 58.6 cm³/mol. The van der Waals surface area contributed by atoms with E-state index in [1.54, 1.807) is 6.08 Å². The Bertz CT molecular complexity index is 468. The topological polar surface area (TPSA) is 29.1 Å². The van der Waals surface area contributed by atoms with Crippen LogP contribution in [0.15, 0.2) is 17.7 Å². The van der Waals surface area contributed by atoms with Gasteiger partial charge in [0.15, 0.2) is 5.78 Å². The van der Waals surface area contributed by atoms with E-state index in [1.165, 1.54) is 19.1 Å². The Morgan fingerprint density at radius 3 is 2.93 bits per heavy atom. The summed E-state index contributed by atoms with van der Waals surface area (Å²) in [7, 11) is 0. The largest absolute Gasteiger partial charge is 0.380 e. The van der Waals surface area contributed by atoms with Gasteiger partial charge in [-0.05, 0) is 30.7 Å². The van der Waals surface area contributed by atoms with E-state index < -0.39 is 5.82 Å². The van der Waals surface area contributed by atoms with Crippen molar-refractivity contribution in [3.8, 4) is 0 Å².